The van der Waals surface area contributed by atoms with Gasteiger partial charge in [-0.1, -0.05) is 16.5 Å². The van der Waals surface area contributed by atoms with Gasteiger partial charge in [0.25, 0.3) is 0 Å². The van der Waals surface area contributed by atoms with Crippen LogP contribution < -0.4 is 0 Å². The molecule has 1 radical (unpaired) electrons. The van der Waals surface area contributed by atoms with Crippen molar-refractivity contribution in [3.05, 3.63) is 42.3 Å². The predicted molar refractivity (Wildman–Crippen MR) is 66.6 cm³/mol. The van der Waals surface area contributed by atoms with Crippen LogP contribution in [0.2, 0.25) is 0 Å². The number of nitrogens with zero attached hydrogens (tertiary/aromatic N) is 1. The van der Waals surface area contributed by atoms with Crippen molar-refractivity contribution in [2.75, 3.05) is 0 Å². The number of alkyl halides is 3. The SMILES string of the molecule is [CH2]C(C)(C)[S+]([O-])/N=C/c1ccc(C(F)(F)F)cc1. The molecule has 18 heavy (non-hydrogen) atoms. The van der Waals surface area contributed by atoms with E-state index in [4.69, 9.17) is 0 Å². The molecule has 0 fully saturated rings. The van der Waals surface area contributed by atoms with E-state index in [-0.39, 0.29) is 0 Å². The highest BCUT2D eigenvalue weighted by Gasteiger charge is 2.30. The lowest BCUT2D eigenvalue weighted by molar-refractivity contribution is -0.137. The van der Waals surface area contributed by atoms with Gasteiger partial charge in [0, 0.05) is 6.92 Å². The lowest BCUT2D eigenvalue weighted by Crippen LogP contribution is -2.26. The van der Waals surface area contributed by atoms with Crippen LogP contribution >= 0.6 is 0 Å². The Hall–Kier alpha value is -1.01. The molecule has 0 N–H and O–H groups in total. The Morgan fingerprint density at radius 1 is 1.22 bits per heavy atom. The molecule has 0 aliphatic rings. The van der Waals surface area contributed by atoms with Gasteiger partial charge in [0.1, 0.15) is 16.1 Å². The predicted octanol–water partition coefficient (Wildman–Crippen LogP) is 3.40. The molecule has 0 amide bonds. The minimum absolute atomic E-state index is 0.459. The maximum atomic E-state index is 12.3. The van der Waals surface area contributed by atoms with Gasteiger partial charge in [0.15, 0.2) is 0 Å². The van der Waals surface area contributed by atoms with Crippen molar-refractivity contribution in [1.29, 1.82) is 0 Å². The van der Waals surface area contributed by atoms with E-state index in [0.717, 1.165) is 12.1 Å². The monoisotopic (exact) mass is 276 g/mol. The van der Waals surface area contributed by atoms with E-state index >= 15 is 0 Å². The summed E-state index contributed by atoms with van der Waals surface area (Å²) in [5.74, 6) is 0. The van der Waals surface area contributed by atoms with Crippen LogP contribution in [0.3, 0.4) is 0 Å². The van der Waals surface area contributed by atoms with Crippen LogP contribution in [-0.2, 0) is 17.5 Å². The Balaban J connectivity index is 2.79. The average molecular weight is 276 g/mol. The van der Waals surface area contributed by atoms with E-state index in [1.807, 2.05) is 0 Å². The summed E-state index contributed by atoms with van der Waals surface area (Å²) in [6.07, 6.45) is -3.07. The smallest absolute Gasteiger partial charge is 0.416 e. The normalized spacial score (nSPS) is 15.1. The summed E-state index contributed by atoms with van der Waals surface area (Å²) in [6, 6.07) is 4.47. The van der Waals surface area contributed by atoms with Gasteiger partial charge in [-0.25, -0.2) is 0 Å². The zero-order valence-electron chi connectivity index (χ0n) is 9.99. The van der Waals surface area contributed by atoms with Gasteiger partial charge in [-0.3, -0.25) is 0 Å². The first-order chi connectivity index (χ1) is 8.10. The van der Waals surface area contributed by atoms with E-state index < -0.39 is 27.8 Å². The molecule has 0 heterocycles. The third-order valence-corrected chi connectivity index (χ3v) is 3.25. The zero-order valence-corrected chi connectivity index (χ0v) is 10.8. The fraction of sp³-hybridized carbons (Fsp3) is 0.333. The minimum Gasteiger partial charge on any atom is -0.591 e. The van der Waals surface area contributed by atoms with Gasteiger partial charge in [-0.2, -0.15) is 13.2 Å². The van der Waals surface area contributed by atoms with E-state index in [2.05, 4.69) is 11.3 Å². The molecule has 0 bridgehead atoms. The van der Waals surface area contributed by atoms with E-state index in [1.165, 1.54) is 18.3 Å². The lowest BCUT2D eigenvalue weighted by atomic mass is 10.1. The van der Waals surface area contributed by atoms with Gasteiger partial charge < -0.3 is 4.55 Å². The molecule has 6 heteroatoms. The van der Waals surface area contributed by atoms with Crippen LogP contribution in [0.5, 0.6) is 0 Å². The van der Waals surface area contributed by atoms with Gasteiger partial charge in [0.05, 0.1) is 11.8 Å². The highest BCUT2D eigenvalue weighted by atomic mass is 32.2. The molecule has 0 saturated carbocycles. The first kappa shape index (κ1) is 15.0. The van der Waals surface area contributed by atoms with Crippen molar-refractivity contribution in [3.8, 4) is 0 Å². The van der Waals surface area contributed by atoms with Gasteiger partial charge in [0.2, 0.25) is 0 Å². The zero-order chi connectivity index (χ0) is 14.0. The standard InChI is InChI=1S/C12H13F3NOS/c1-11(2,3)18(17)16-8-9-4-6-10(7-5-9)12(13,14)15/h4-8H,1H2,2-3H3/b16-8+. The molecule has 99 valence electrons. The minimum atomic E-state index is -4.35. The van der Waals surface area contributed by atoms with Crippen LogP contribution in [-0.4, -0.2) is 15.5 Å². The molecular weight excluding hydrogens is 263 g/mol. The fourth-order valence-corrected chi connectivity index (χ4v) is 1.51. The number of rotatable bonds is 3. The number of hydrogen-bond acceptors (Lipinski definition) is 2. The summed E-state index contributed by atoms with van der Waals surface area (Å²) >= 11 is -1.52. The Bertz CT molecular complexity index is 420. The maximum absolute atomic E-state index is 12.3. The van der Waals surface area contributed by atoms with Crippen molar-refractivity contribution in [3.63, 3.8) is 0 Å². The second kappa shape index (κ2) is 5.32. The molecule has 1 atom stereocenters. The largest absolute Gasteiger partial charge is 0.591 e. The Morgan fingerprint density at radius 2 is 1.72 bits per heavy atom. The number of benzene rings is 1. The number of hydrogen-bond donors (Lipinski definition) is 0. The molecule has 0 aromatic heterocycles. The Kier molecular flexibility index (Phi) is 4.45. The third-order valence-electron chi connectivity index (χ3n) is 2.01. The highest BCUT2D eigenvalue weighted by Crippen LogP contribution is 2.28. The van der Waals surface area contributed by atoms with E-state index in [9.17, 15) is 17.7 Å². The third kappa shape index (κ3) is 4.34. The van der Waals surface area contributed by atoms with Crippen molar-refractivity contribution in [2.24, 2.45) is 4.40 Å². The lowest BCUT2D eigenvalue weighted by Gasteiger charge is -2.17. The molecule has 0 saturated heterocycles. The summed E-state index contributed by atoms with van der Waals surface area (Å²) < 4.78 is 51.5. The van der Waals surface area contributed by atoms with Crippen molar-refractivity contribution in [2.45, 2.75) is 24.8 Å². The number of halogens is 3. The first-order valence-corrected chi connectivity index (χ1v) is 6.20. The van der Waals surface area contributed by atoms with Crippen molar-refractivity contribution >= 4 is 17.6 Å². The van der Waals surface area contributed by atoms with E-state index in [0.29, 0.717) is 5.56 Å². The van der Waals surface area contributed by atoms with Crippen LogP contribution in [0, 0.1) is 6.92 Å². The molecule has 2 nitrogen and oxygen atoms in total. The molecule has 1 aromatic carbocycles. The molecule has 0 aliphatic heterocycles. The summed E-state index contributed by atoms with van der Waals surface area (Å²) in [4.78, 5) is 0. The van der Waals surface area contributed by atoms with Gasteiger partial charge >= 0.3 is 6.18 Å². The Morgan fingerprint density at radius 3 is 2.11 bits per heavy atom. The summed E-state index contributed by atoms with van der Waals surface area (Å²) in [6.45, 7) is 6.99. The van der Waals surface area contributed by atoms with E-state index in [1.54, 1.807) is 13.8 Å². The summed E-state index contributed by atoms with van der Waals surface area (Å²) in [5, 5.41) is 0. The van der Waals surface area contributed by atoms with Crippen LogP contribution in [0.25, 0.3) is 0 Å². The maximum Gasteiger partial charge on any atom is 0.416 e. The highest BCUT2D eigenvalue weighted by molar-refractivity contribution is 7.91. The first-order valence-electron chi connectivity index (χ1n) is 5.09. The topological polar surface area (TPSA) is 35.4 Å². The van der Waals surface area contributed by atoms with Crippen LogP contribution in [0.1, 0.15) is 25.0 Å². The summed E-state index contributed by atoms with van der Waals surface area (Å²) in [5.41, 5.74) is -0.265. The van der Waals surface area contributed by atoms with Crippen molar-refractivity contribution < 1.29 is 17.7 Å². The molecule has 1 rings (SSSR count). The molecular formula is C12H13F3NOS. The second-order valence-electron chi connectivity index (χ2n) is 4.36. The Labute approximate surface area is 107 Å². The average Bonchev–Trinajstić information content (AvgIpc) is 2.24. The van der Waals surface area contributed by atoms with Crippen LogP contribution in [0.15, 0.2) is 28.7 Å². The second-order valence-corrected chi connectivity index (χ2v) is 6.18. The fourth-order valence-electron chi connectivity index (χ4n) is 1.01. The van der Waals surface area contributed by atoms with Crippen LogP contribution in [0.4, 0.5) is 13.2 Å². The molecule has 0 spiro atoms. The summed E-state index contributed by atoms with van der Waals surface area (Å²) in [7, 11) is 0. The molecule has 1 aromatic rings. The van der Waals surface area contributed by atoms with Gasteiger partial charge in [-0.05, 0) is 31.5 Å². The molecule has 1 unspecified atom stereocenters. The quantitative estimate of drug-likeness (QED) is 0.615. The van der Waals surface area contributed by atoms with Crippen molar-refractivity contribution in [1.82, 2.24) is 0 Å². The van der Waals surface area contributed by atoms with Gasteiger partial charge in [-0.15, -0.1) is 0 Å². The molecule has 0 aliphatic carbocycles.